The number of hydrogen-bond donors (Lipinski definition) is 2. The summed E-state index contributed by atoms with van der Waals surface area (Å²) in [5, 5.41) is 12.5. The van der Waals surface area contributed by atoms with Gasteiger partial charge in [-0.15, -0.1) is 0 Å². The van der Waals surface area contributed by atoms with Gasteiger partial charge in [-0.05, 0) is 58.3 Å². The molecule has 5 heteroatoms. The van der Waals surface area contributed by atoms with Crippen molar-refractivity contribution in [3.8, 4) is 0 Å². The van der Waals surface area contributed by atoms with Crippen molar-refractivity contribution in [1.29, 1.82) is 0 Å². The summed E-state index contributed by atoms with van der Waals surface area (Å²) in [6, 6.07) is 25.5. The highest BCUT2D eigenvalue weighted by Gasteiger charge is 2.38. The maximum atomic E-state index is 13.5. The molecule has 4 nitrogen and oxygen atoms in total. The van der Waals surface area contributed by atoms with Gasteiger partial charge in [0.25, 0.3) is 0 Å². The molecule has 0 radical (unpaired) electrons. The highest BCUT2D eigenvalue weighted by Crippen LogP contribution is 2.32. The zero-order valence-corrected chi connectivity index (χ0v) is 18.2. The number of carboxylic acids is 1. The first-order valence-corrected chi connectivity index (χ1v) is 10.4. The number of rotatable bonds is 7. The van der Waals surface area contributed by atoms with Crippen molar-refractivity contribution in [3.05, 3.63) is 105 Å². The minimum Gasteiger partial charge on any atom is -0.480 e. The Kier molecular flexibility index (Phi) is 6.69. The fraction of sp³-hybridized carbons (Fsp3) is 0.167. The first-order chi connectivity index (χ1) is 13.9. The van der Waals surface area contributed by atoms with E-state index in [1.54, 1.807) is 0 Å². The highest BCUT2D eigenvalue weighted by atomic mass is 127. The Balaban J connectivity index is 1.94. The van der Waals surface area contributed by atoms with E-state index in [0.717, 1.165) is 20.3 Å². The Morgan fingerprint density at radius 3 is 1.97 bits per heavy atom. The molecule has 0 aliphatic carbocycles. The molecule has 0 heterocycles. The molecule has 0 aromatic heterocycles. The first kappa shape index (κ1) is 21.0. The van der Waals surface area contributed by atoms with Crippen molar-refractivity contribution < 1.29 is 14.7 Å². The van der Waals surface area contributed by atoms with Crippen LogP contribution in [0.15, 0.2) is 84.9 Å². The van der Waals surface area contributed by atoms with Gasteiger partial charge >= 0.3 is 5.97 Å². The number of aliphatic carboxylic acids is 1. The van der Waals surface area contributed by atoms with Crippen molar-refractivity contribution in [2.75, 3.05) is 0 Å². The molecule has 0 saturated heterocycles. The summed E-state index contributed by atoms with van der Waals surface area (Å²) in [6.45, 7) is 1.83. The second-order valence-electron chi connectivity index (χ2n) is 7.06. The highest BCUT2D eigenvalue weighted by molar-refractivity contribution is 14.1. The van der Waals surface area contributed by atoms with Crippen LogP contribution < -0.4 is 5.32 Å². The zero-order valence-electron chi connectivity index (χ0n) is 16.0. The van der Waals surface area contributed by atoms with Crippen LogP contribution in [-0.4, -0.2) is 23.0 Å². The standard InChI is InChI=1S/C24H22INO3/c1-24(18-10-4-2-5-11-18,19-12-6-3-7-13-19)23(29)26-21(22(27)28)16-17-9-8-14-20(25)15-17/h2-15,21H,16H2,1H3,(H,26,29)(H,27,28)/t21-/m1/s1. The summed E-state index contributed by atoms with van der Waals surface area (Å²) in [6.07, 6.45) is 0.220. The van der Waals surface area contributed by atoms with E-state index in [4.69, 9.17) is 0 Å². The number of carbonyl (C=O) groups is 2. The molecule has 3 rings (SSSR count). The first-order valence-electron chi connectivity index (χ1n) is 9.30. The summed E-state index contributed by atoms with van der Waals surface area (Å²) < 4.78 is 1.02. The van der Waals surface area contributed by atoms with Crippen molar-refractivity contribution in [1.82, 2.24) is 5.32 Å². The molecular formula is C24H22INO3. The number of nitrogens with one attached hydrogen (secondary N) is 1. The topological polar surface area (TPSA) is 66.4 Å². The number of carbonyl (C=O) groups excluding carboxylic acids is 1. The average molecular weight is 499 g/mol. The number of carboxylic acid groups (broad SMARTS) is 1. The lowest BCUT2D eigenvalue weighted by atomic mass is 9.75. The van der Waals surface area contributed by atoms with Gasteiger partial charge in [0.2, 0.25) is 5.91 Å². The van der Waals surface area contributed by atoms with Crippen LogP contribution in [0, 0.1) is 3.57 Å². The predicted molar refractivity (Wildman–Crippen MR) is 122 cm³/mol. The average Bonchev–Trinajstić information content (AvgIpc) is 2.73. The lowest BCUT2D eigenvalue weighted by Crippen LogP contribution is -2.50. The van der Waals surface area contributed by atoms with E-state index in [1.807, 2.05) is 91.9 Å². The van der Waals surface area contributed by atoms with E-state index < -0.39 is 17.4 Å². The number of hydrogen-bond acceptors (Lipinski definition) is 2. The van der Waals surface area contributed by atoms with E-state index in [0.29, 0.717) is 0 Å². The van der Waals surface area contributed by atoms with Gasteiger partial charge in [-0.2, -0.15) is 0 Å². The van der Waals surface area contributed by atoms with Gasteiger partial charge in [0.05, 0.1) is 5.41 Å². The van der Waals surface area contributed by atoms with Crippen LogP contribution in [0.2, 0.25) is 0 Å². The quantitative estimate of drug-likeness (QED) is 0.474. The fourth-order valence-electron chi connectivity index (χ4n) is 3.37. The van der Waals surface area contributed by atoms with Crippen LogP contribution >= 0.6 is 22.6 Å². The summed E-state index contributed by atoms with van der Waals surface area (Å²) in [5.74, 6) is -1.39. The molecule has 3 aromatic carbocycles. The summed E-state index contributed by atoms with van der Waals surface area (Å²) in [7, 11) is 0. The maximum absolute atomic E-state index is 13.5. The van der Waals surface area contributed by atoms with E-state index in [1.165, 1.54) is 0 Å². The Morgan fingerprint density at radius 2 is 1.48 bits per heavy atom. The third-order valence-electron chi connectivity index (χ3n) is 5.09. The lowest BCUT2D eigenvalue weighted by molar-refractivity contribution is -0.142. The minimum absolute atomic E-state index is 0.220. The van der Waals surface area contributed by atoms with Crippen LogP contribution in [-0.2, 0) is 21.4 Å². The van der Waals surface area contributed by atoms with Crippen molar-refractivity contribution in [2.45, 2.75) is 24.8 Å². The van der Waals surface area contributed by atoms with E-state index in [-0.39, 0.29) is 12.3 Å². The zero-order chi connectivity index (χ0) is 20.9. The van der Waals surface area contributed by atoms with E-state index >= 15 is 0 Å². The van der Waals surface area contributed by atoms with Crippen molar-refractivity contribution >= 4 is 34.5 Å². The largest absolute Gasteiger partial charge is 0.480 e. The van der Waals surface area contributed by atoms with Gasteiger partial charge in [0.1, 0.15) is 6.04 Å². The smallest absolute Gasteiger partial charge is 0.326 e. The maximum Gasteiger partial charge on any atom is 0.326 e. The molecule has 0 unspecified atom stereocenters. The fourth-order valence-corrected chi connectivity index (χ4v) is 3.98. The molecule has 2 N–H and O–H groups in total. The molecular weight excluding hydrogens is 477 g/mol. The van der Waals surface area contributed by atoms with E-state index in [9.17, 15) is 14.7 Å². The SMILES string of the molecule is CC(C(=O)N[C@H](Cc1cccc(I)c1)C(=O)O)(c1ccccc1)c1ccccc1. The van der Waals surface area contributed by atoms with Gasteiger partial charge < -0.3 is 10.4 Å². The molecule has 1 atom stereocenters. The number of halogens is 1. The molecule has 148 valence electrons. The third kappa shape index (κ3) is 4.85. The molecule has 0 spiro atoms. The second kappa shape index (κ2) is 9.22. The predicted octanol–water partition coefficient (Wildman–Crippen LogP) is 4.41. The van der Waals surface area contributed by atoms with Gasteiger partial charge in [-0.25, -0.2) is 4.79 Å². The normalized spacial score (nSPS) is 12.2. The molecule has 0 aliphatic heterocycles. The van der Waals surface area contributed by atoms with Crippen LogP contribution in [0.25, 0.3) is 0 Å². The number of benzene rings is 3. The van der Waals surface area contributed by atoms with Crippen molar-refractivity contribution in [2.24, 2.45) is 0 Å². The third-order valence-corrected chi connectivity index (χ3v) is 5.76. The molecule has 0 fully saturated rings. The van der Waals surface area contributed by atoms with Crippen molar-refractivity contribution in [3.63, 3.8) is 0 Å². The minimum atomic E-state index is -1.05. The Bertz CT molecular complexity index is 950. The Morgan fingerprint density at radius 1 is 0.931 bits per heavy atom. The lowest BCUT2D eigenvalue weighted by Gasteiger charge is -2.31. The number of amides is 1. The van der Waals surface area contributed by atoms with Gasteiger partial charge in [-0.3, -0.25) is 4.79 Å². The monoisotopic (exact) mass is 499 g/mol. The van der Waals surface area contributed by atoms with Crippen LogP contribution in [0.3, 0.4) is 0 Å². The summed E-state index contributed by atoms with van der Waals surface area (Å²) >= 11 is 2.19. The van der Waals surface area contributed by atoms with Gasteiger partial charge in [-0.1, -0.05) is 72.8 Å². The molecule has 0 bridgehead atoms. The van der Waals surface area contributed by atoms with Gasteiger partial charge in [0, 0.05) is 9.99 Å². The molecule has 29 heavy (non-hydrogen) atoms. The van der Waals surface area contributed by atoms with Crippen LogP contribution in [0.4, 0.5) is 0 Å². The second-order valence-corrected chi connectivity index (χ2v) is 8.30. The Hall–Kier alpha value is -2.67. The Labute approximate surface area is 184 Å². The molecule has 0 aliphatic rings. The van der Waals surface area contributed by atoms with E-state index in [2.05, 4.69) is 27.9 Å². The summed E-state index contributed by atoms with van der Waals surface area (Å²) in [5.41, 5.74) is 1.47. The van der Waals surface area contributed by atoms with Crippen LogP contribution in [0.1, 0.15) is 23.6 Å². The van der Waals surface area contributed by atoms with Crippen LogP contribution in [0.5, 0.6) is 0 Å². The molecule has 0 saturated carbocycles. The van der Waals surface area contributed by atoms with Gasteiger partial charge in [0.15, 0.2) is 0 Å². The molecule has 3 aromatic rings. The molecule has 1 amide bonds. The summed E-state index contributed by atoms with van der Waals surface area (Å²) in [4.78, 5) is 25.4.